The van der Waals surface area contributed by atoms with Gasteiger partial charge in [-0.2, -0.15) is 0 Å². The van der Waals surface area contributed by atoms with Crippen molar-refractivity contribution in [2.45, 2.75) is 20.8 Å². The molecule has 1 aromatic heterocycles. The van der Waals surface area contributed by atoms with Gasteiger partial charge in [0.25, 0.3) is 0 Å². The highest BCUT2D eigenvalue weighted by molar-refractivity contribution is 8.93. The van der Waals surface area contributed by atoms with E-state index >= 15 is 0 Å². The van der Waals surface area contributed by atoms with E-state index in [1.165, 1.54) is 11.1 Å². The quantitative estimate of drug-likeness (QED) is 0.630. The number of hydrogen-bond acceptors (Lipinski definition) is 4. The van der Waals surface area contributed by atoms with E-state index in [-0.39, 0.29) is 29.3 Å². The fraction of sp³-hybridized carbons (Fsp3) is 0.222. The summed E-state index contributed by atoms with van der Waals surface area (Å²) in [6.07, 6.45) is 0. The van der Waals surface area contributed by atoms with Gasteiger partial charge in [0.2, 0.25) is 0 Å². The van der Waals surface area contributed by atoms with Crippen LogP contribution in [0.4, 0.5) is 5.13 Å². The van der Waals surface area contributed by atoms with Crippen molar-refractivity contribution < 1.29 is 4.79 Å². The normalized spacial score (nSPS) is 10.4. The molecular weight excluding hydrogens is 372 g/mol. The molecule has 120 valence electrons. The average Bonchev–Trinajstić information content (AvgIpc) is 2.93. The molecule has 1 N–H and O–H groups in total. The molecule has 5 heteroatoms. The zero-order valence-electron chi connectivity index (χ0n) is 13.3. The Bertz CT molecular complexity index is 840. The first-order valence-corrected chi connectivity index (χ1v) is 8.07. The lowest BCUT2D eigenvalue weighted by Gasteiger charge is -2.02. The number of ketones is 1. The Kier molecular flexibility index (Phi) is 5.55. The number of rotatable bonds is 4. The summed E-state index contributed by atoms with van der Waals surface area (Å²) in [5, 5.41) is 3.95. The maximum atomic E-state index is 12.2. The molecule has 0 unspecified atom stereocenters. The SMILES string of the molecule is Br.Cc1ccc(C(=O)CNc2nc3c(C)c(C)ccc3s2)cc1. The largest absolute Gasteiger partial charge is 0.354 e. The fourth-order valence-corrected chi connectivity index (χ4v) is 3.22. The lowest BCUT2D eigenvalue weighted by molar-refractivity contribution is 0.101. The Balaban J connectivity index is 0.00000192. The smallest absolute Gasteiger partial charge is 0.184 e. The number of hydrogen-bond donors (Lipinski definition) is 1. The van der Waals surface area contributed by atoms with Crippen molar-refractivity contribution in [3.05, 3.63) is 58.7 Å². The first-order chi connectivity index (χ1) is 10.5. The zero-order chi connectivity index (χ0) is 15.7. The maximum Gasteiger partial charge on any atom is 0.184 e. The minimum Gasteiger partial charge on any atom is -0.354 e. The van der Waals surface area contributed by atoms with Crippen LogP contribution in [0.5, 0.6) is 0 Å². The number of anilines is 1. The highest BCUT2D eigenvalue weighted by Crippen LogP contribution is 2.29. The molecule has 0 aliphatic rings. The van der Waals surface area contributed by atoms with Gasteiger partial charge >= 0.3 is 0 Å². The molecule has 0 spiro atoms. The standard InChI is InChI=1S/C18H18N2OS.BrH/c1-11-4-7-14(8-5-11)15(21)10-19-18-20-17-13(3)12(2)6-9-16(17)22-18;/h4-9H,10H2,1-3H3,(H,19,20);1H. The Morgan fingerprint density at radius 3 is 2.48 bits per heavy atom. The number of nitrogens with one attached hydrogen (secondary N) is 1. The number of nitrogens with zero attached hydrogens (tertiary/aromatic N) is 1. The number of carbonyl (C=O) groups excluding carboxylic acids is 1. The van der Waals surface area contributed by atoms with Gasteiger partial charge in [-0.05, 0) is 38.0 Å². The first-order valence-electron chi connectivity index (χ1n) is 7.25. The minimum absolute atomic E-state index is 0. The molecule has 0 radical (unpaired) electrons. The number of thiazole rings is 1. The van der Waals surface area contributed by atoms with E-state index in [1.807, 2.05) is 31.2 Å². The monoisotopic (exact) mass is 390 g/mol. The highest BCUT2D eigenvalue weighted by atomic mass is 79.9. The van der Waals surface area contributed by atoms with Gasteiger partial charge in [0, 0.05) is 5.56 Å². The summed E-state index contributed by atoms with van der Waals surface area (Å²) in [7, 11) is 0. The van der Waals surface area contributed by atoms with E-state index in [0.717, 1.165) is 26.5 Å². The molecule has 0 saturated carbocycles. The van der Waals surface area contributed by atoms with Gasteiger partial charge < -0.3 is 5.32 Å². The second-order valence-corrected chi connectivity index (χ2v) is 6.55. The third-order valence-electron chi connectivity index (χ3n) is 3.86. The molecular formula is C18H19BrN2OS. The third kappa shape index (κ3) is 3.79. The van der Waals surface area contributed by atoms with Gasteiger partial charge in [-0.15, -0.1) is 17.0 Å². The summed E-state index contributed by atoms with van der Waals surface area (Å²) in [6, 6.07) is 11.8. The molecule has 1 heterocycles. The second-order valence-electron chi connectivity index (χ2n) is 5.52. The Labute approximate surface area is 150 Å². The van der Waals surface area contributed by atoms with Gasteiger partial charge in [-0.25, -0.2) is 4.98 Å². The van der Waals surface area contributed by atoms with Gasteiger partial charge in [0.15, 0.2) is 10.9 Å². The summed E-state index contributed by atoms with van der Waals surface area (Å²) in [5.74, 6) is 0.0761. The molecule has 0 aliphatic carbocycles. The maximum absolute atomic E-state index is 12.2. The Morgan fingerprint density at radius 2 is 1.78 bits per heavy atom. The second kappa shape index (κ2) is 7.23. The summed E-state index contributed by atoms with van der Waals surface area (Å²) < 4.78 is 1.15. The summed E-state index contributed by atoms with van der Waals surface area (Å²) in [5.41, 5.74) is 5.34. The van der Waals surface area contributed by atoms with E-state index in [4.69, 9.17) is 0 Å². The highest BCUT2D eigenvalue weighted by Gasteiger charge is 2.10. The summed E-state index contributed by atoms with van der Waals surface area (Å²) in [6.45, 7) is 6.44. The topological polar surface area (TPSA) is 42.0 Å². The number of Topliss-reactive ketones (excluding diaryl/α,β-unsaturated/α-hetero) is 1. The van der Waals surface area contributed by atoms with Crippen molar-refractivity contribution in [3.8, 4) is 0 Å². The number of aromatic nitrogens is 1. The zero-order valence-corrected chi connectivity index (χ0v) is 15.9. The van der Waals surface area contributed by atoms with Crippen LogP contribution >= 0.6 is 28.3 Å². The van der Waals surface area contributed by atoms with E-state index in [9.17, 15) is 4.79 Å². The minimum atomic E-state index is 0. The van der Waals surface area contributed by atoms with Gasteiger partial charge in [-0.3, -0.25) is 4.79 Å². The third-order valence-corrected chi connectivity index (χ3v) is 4.84. The van der Waals surface area contributed by atoms with Gasteiger partial charge in [-0.1, -0.05) is 47.2 Å². The average molecular weight is 391 g/mol. The van der Waals surface area contributed by atoms with Crippen LogP contribution in [0.1, 0.15) is 27.0 Å². The molecule has 2 aromatic carbocycles. The van der Waals surface area contributed by atoms with Crippen LogP contribution in [-0.4, -0.2) is 17.3 Å². The lowest BCUT2D eigenvalue weighted by Crippen LogP contribution is -2.13. The number of halogens is 1. The number of aryl methyl sites for hydroxylation is 3. The Morgan fingerprint density at radius 1 is 1.09 bits per heavy atom. The molecule has 0 atom stereocenters. The first kappa shape index (κ1) is 17.6. The molecule has 0 bridgehead atoms. The predicted octanol–water partition coefficient (Wildman–Crippen LogP) is 5.09. The van der Waals surface area contributed by atoms with Crippen molar-refractivity contribution in [2.75, 3.05) is 11.9 Å². The van der Waals surface area contributed by atoms with Crippen molar-refractivity contribution >= 4 is 49.4 Å². The Hall–Kier alpha value is -1.72. The molecule has 23 heavy (non-hydrogen) atoms. The number of benzene rings is 2. The summed E-state index contributed by atoms with van der Waals surface area (Å²) >= 11 is 1.59. The van der Waals surface area contributed by atoms with Crippen LogP contribution in [0.25, 0.3) is 10.2 Å². The van der Waals surface area contributed by atoms with Crippen molar-refractivity contribution in [1.29, 1.82) is 0 Å². The van der Waals surface area contributed by atoms with Crippen molar-refractivity contribution in [1.82, 2.24) is 4.98 Å². The fourth-order valence-electron chi connectivity index (χ4n) is 2.30. The van der Waals surface area contributed by atoms with Gasteiger partial charge in [0.05, 0.1) is 16.8 Å². The number of fused-ring (bicyclic) bond motifs is 1. The molecule has 3 nitrogen and oxygen atoms in total. The predicted molar refractivity (Wildman–Crippen MR) is 103 cm³/mol. The molecule has 0 saturated heterocycles. The van der Waals surface area contributed by atoms with E-state index in [0.29, 0.717) is 0 Å². The molecule has 3 aromatic rings. The summed E-state index contributed by atoms with van der Waals surface area (Å²) in [4.78, 5) is 16.8. The van der Waals surface area contributed by atoms with Gasteiger partial charge in [0.1, 0.15) is 0 Å². The van der Waals surface area contributed by atoms with E-state index in [2.05, 4.69) is 36.3 Å². The van der Waals surface area contributed by atoms with Crippen LogP contribution in [0.15, 0.2) is 36.4 Å². The lowest BCUT2D eigenvalue weighted by atomic mass is 10.1. The van der Waals surface area contributed by atoms with Crippen LogP contribution < -0.4 is 5.32 Å². The van der Waals surface area contributed by atoms with Crippen LogP contribution in [0.3, 0.4) is 0 Å². The molecule has 3 rings (SSSR count). The number of carbonyl (C=O) groups is 1. The van der Waals surface area contributed by atoms with E-state index in [1.54, 1.807) is 11.3 Å². The molecule has 0 fully saturated rings. The molecule has 0 aliphatic heterocycles. The van der Waals surface area contributed by atoms with Crippen LogP contribution in [0.2, 0.25) is 0 Å². The molecule has 0 amide bonds. The van der Waals surface area contributed by atoms with Crippen LogP contribution in [-0.2, 0) is 0 Å². The van der Waals surface area contributed by atoms with Crippen molar-refractivity contribution in [3.63, 3.8) is 0 Å². The van der Waals surface area contributed by atoms with Crippen LogP contribution in [0, 0.1) is 20.8 Å². The van der Waals surface area contributed by atoms with E-state index < -0.39 is 0 Å². The van der Waals surface area contributed by atoms with Crippen molar-refractivity contribution in [2.24, 2.45) is 0 Å².